The van der Waals surface area contributed by atoms with Gasteiger partial charge in [-0.3, -0.25) is 4.98 Å². The summed E-state index contributed by atoms with van der Waals surface area (Å²) in [5, 5.41) is 0.693. The van der Waals surface area contributed by atoms with Crippen molar-refractivity contribution in [3.8, 4) is 0 Å². The second-order valence-electron chi connectivity index (χ2n) is 4.78. The van der Waals surface area contributed by atoms with Gasteiger partial charge in [0.15, 0.2) is 0 Å². The summed E-state index contributed by atoms with van der Waals surface area (Å²) in [6, 6.07) is 9.48. The van der Waals surface area contributed by atoms with Gasteiger partial charge in [-0.2, -0.15) is 0 Å². The molecule has 1 aromatic carbocycles. The Morgan fingerprint density at radius 1 is 1.20 bits per heavy atom. The molecule has 0 radical (unpaired) electrons. The first-order valence-corrected chi connectivity index (χ1v) is 6.90. The van der Waals surface area contributed by atoms with E-state index in [2.05, 4.69) is 15.0 Å². The van der Waals surface area contributed by atoms with E-state index < -0.39 is 0 Å². The number of aryl methyl sites for hydroxylation is 1. The normalized spacial score (nSPS) is 12.7. The van der Waals surface area contributed by atoms with Crippen LogP contribution in [0.2, 0.25) is 5.02 Å². The average molecular weight is 287 g/mol. The fourth-order valence-corrected chi connectivity index (χ4v) is 2.36. The predicted molar refractivity (Wildman–Crippen MR) is 80.6 cm³/mol. The molecule has 3 rings (SSSR count). The summed E-state index contributed by atoms with van der Waals surface area (Å²) in [6.07, 6.45) is 5.33. The van der Waals surface area contributed by atoms with Crippen molar-refractivity contribution in [1.29, 1.82) is 0 Å². The van der Waals surface area contributed by atoms with E-state index in [1.807, 2.05) is 30.3 Å². The predicted octanol–water partition coefficient (Wildman–Crippen LogP) is 3.24. The van der Waals surface area contributed by atoms with Gasteiger partial charge in [0.1, 0.15) is 5.82 Å². The van der Waals surface area contributed by atoms with Gasteiger partial charge in [0.2, 0.25) is 0 Å². The first-order valence-electron chi connectivity index (χ1n) is 6.52. The minimum Gasteiger partial charge on any atom is -0.341 e. The molecule has 0 aliphatic rings. The molecule has 0 unspecified atom stereocenters. The van der Waals surface area contributed by atoms with Crippen molar-refractivity contribution >= 4 is 22.6 Å². The van der Waals surface area contributed by atoms with Crippen LogP contribution in [-0.2, 0) is 6.42 Å². The second-order valence-corrected chi connectivity index (χ2v) is 5.22. The average Bonchev–Trinajstić information content (AvgIpc) is 2.89. The molecule has 0 fully saturated rings. The summed E-state index contributed by atoms with van der Waals surface area (Å²) in [6.45, 7) is 0. The molecule has 0 saturated carbocycles. The van der Waals surface area contributed by atoms with E-state index in [9.17, 15) is 0 Å². The van der Waals surface area contributed by atoms with Crippen molar-refractivity contribution in [2.75, 3.05) is 0 Å². The topological polar surface area (TPSA) is 67.6 Å². The van der Waals surface area contributed by atoms with Gasteiger partial charge in [0.05, 0.1) is 17.1 Å². The highest BCUT2D eigenvalue weighted by molar-refractivity contribution is 6.31. The number of pyridine rings is 1. The van der Waals surface area contributed by atoms with Gasteiger partial charge in [-0.15, -0.1) is 0 Å². The summed E-state index contributed by atoms with van der Waals surface area (Å²) in [5.41, 5.74) is 9.25. The fraction of sp³-hybridized carbons (Fsp3) is 0.200. The molecule has 4 nitrogen and oxygen atoms in total. The highest BCUT2D eigenvalue weighted by Crippen LogP contribution is 2.21. The maximum Gasteiger partial charge on any atom is 0.124 e. The van der Waals surface area contributed by atoms with E-state index in [4.69, 9.17) is 17.3 Å². The second kappa shape index (κ2) is 5.61. The molecule has 0 amide bonds. The Hall–Kier alpha value is -1.91. The molecular formula is C15H15ClN4. The number of nitrogens with two attached hydrogens (primary N) is 1. The fourth-order valence-electron chi connectivity index (χ4n) is 2.19. The Kier molecular flexibility index (Phi) is 3.67. The molecule has 0 saturated heterocycles. The van der Waals surface area contributed by atoms with Crippen LogP contribution in [0.3, 0.4) is 0 Å². The lowest BCUT2D eigenvalue weighted by molar-refractivity contribution is 0.621. The van der Waals surface area contributed by atoms with Gasteiger partial charge in [0.25, 0.3) is 0 Å². The van der Waals surface area contributed by atoms with E-state index in [1.165, 1.54) is 5.56 Å². The first-order chi connectivity index (χ1) is 9.72. The summed E-state index contributed by atoms with van der Waals surface area (Å²) in [7, 11) is 0. The number of halogens is 1. The van der Waals surface area contributed by atoms with Crippen LogP contribution < -0.4 is 5.73 Å². The zero-order valence-corrected chi connectivity index (χ0v) is 11.6. The third-order valence-electron chi connectivity index (χ3n) is 3.31. The van der Waals surface area contributed by atoms with Crippen LogP contribution >= 0.6 is 11.6 Å². The van der Waals surface area contributed by atoms with Crippen LogP contribution in [0.1, 0.15) is 23.9 Å². The Morgan fingerprint density at radius 2 is 2.00 bits per heavy atom. The molecule has 0 aliphatic carbocycles. The van der Waals surface area contributed by atoms with Gasteiger partial charge in [-0.1, -0.05) is 11.6 Å². The minimum absolute atomic E-state index is 0.116. The van der Waals surface area contributed by atoms with E-state index in [0.717, 1.165) is 29.7 Å². The zero-order valence-electron chi connectivity index (χ0n) is 10.9. The van der Waals surface area contributed by atoms with Gasteiger partial charge in [-0.25, -0.2) is 4.98 Å². The molecule has 3 aromatic rings. The zero-order chi connectivity index (χ0) is 13.9. The van der Waals surface area contributed by atoms with Crippen LogP contribution in [0.15, 0.2) is 42.7 Å². The maximum atomic E-state index is 6.20. The maximum absolute atomic E-state index is 6.20. The van der Waals surface area contributed by atoms with E-state index in [0.29, 0.717) is 5.02 Å². The van der Waals surface area contributed by atoms with Gasteiger partial charge >= 0.3 is 0 Å². The van der Waals surface area contributed by atoms with Gasteiger partial charge in [-0.05, 0) is 48.7 Å². The Morgan fingerprint density at radius 3 is 2.80 bits per heavy atom. The lowest BCUT2D eigenvalue weighted by atomic mass is 10.1. The van der Waals surface area contributed by atoms with Crippen molar-refractivity contribution in [3.05, 3.63) is 59.1 Å². The van der Waals surface area contributed by atoms with Crippen LogP contribution in [0, 0.1) is 0 Å². The minimum atomic E-state index is -0.116. The van der Waals surface area contributed by atoms with Crippen molar-refractivity contribution in [2.45, 2.75) is 18.9 Å². The highest BCUT2D eigenvalue weighted by atomic mass is 35.5. The molecule has 2 aromatic heterocycles. The van der Waals surface area contributed by atoms with Gasteiger partial charge in [0, 0.05) is 17.4 Å². The number of rotatable bonds is 4. The summed E-state index contributed by atoms with van der Waals surface area (Å²) >= 11 is 5.96. The molecule has 0 spiro atoms. The van der Waals surface area contributed by atoms with Crippen molar-refractivity contribution in [2.24, 2.45) is 5.73 Å². The van der Waals surface area contributed by atoms with Crippen LogP contribution in [0.5, 0.6) is 0 Å². The quantitative estimate of drug-likeness (QED) is 0.773. The van der Waals surface area contributed by atoms with Crippen LogP contribution in [0.25, 0.3) is 11.0 Å². The van der Waals surface area contributed by atoms with Crippen LogP contribution in [-0.4, -0.2) is 15.0 Å². The molecule has 2 heterocycles. The molecule has 3 N–H and O–H groups in total. The Labute approximate surface area is 122 Å². The highest BCUT2D eigenvalue weighted by Gasteiger charge is 2.11. The molecule has 0 bridgehead atoms. The van der Waals surface area contributed by atoms with Crippen LogP contribution in [0.4, 0.5) is 0 Å². The molecular weight excluding hydrogens is 272 g/mol. The molecule has 102 valence electrons. The largest absolute Gasteiger partial charge is 0.341 e. The smallest absolute Gasteiger partial charge is 0.124 e. The number of nitrogens with one attached hydrogen (secondary N) is 1. The molecule has 0 aliphatic heterocycles. The van der Waals surface area contributed by atoms with Crippen molar-refractivity contribution in [3.63, 3.8) is 0 Å². The van der Waals surface area contributed by atoms with Gasteiger partial charge < -0.3 is 10.7 Å². The van der Waals surface area contributed by atoms with E-state index in [-0.39, 0.29) is 6.04 Å². The number of H-pyrrole nitrogens is 1. The number of hydrogen-bond acceptors (Lipinski definition) is 3. The number of aromatic nitrogens is 3. The third kappa shape index (κ3) is 2.81. The van der Waals surface area contributed by atoms with E-state index in [1.54, 1.807) is 12.4 Å². The number of nitrogens with zero attached hydrogens (tertiary/aromatic N) is 2. The SMILES string of the molecule is N[C@@H](CCc1ccncc1)c1nc2ccc(Cl)cc2[nH]1. The Bertz CT molecular complexity index is 708. The monoisotopic (exact) mass is 286 g/mol. The summed E-state index contributed by atoms with van der Waals surface area (Å²) in [4.78, 5) is 11.8. The lowest BCUT2D eigenvalue weighted by Gasteiger charge is -2.08. The number of imidazole rings is 1. The Balaban J connectivity index is 1.73. The summed E-state index contributed by atoms with van der Waals surface area (Å²) < 4.78 is 0. The third-order valence-corrected chi connectivity index (χ3v) is 3.54. The first kappa shape index (κ1) is 13.1. The van der Waals surface area contributed by atoms with Crippen molar-refractivity contribution in [1.82, 2.24) is 15.0 Å². The number of fused-ring (bicyclic) bond motifs is 1. The summed E-state index contributed by atoms with van der Waals surface area (Å²) in [5.74, 6) is 0.802. The number of benzene rings is 1. The molecule has 1 atom stereocenters. The molecule has 5 heteroatoms. The van der Waals surface area contributed by atoms with Crippen molar-refractivity contribution < 1.29 is 0 Å². The lowest BCUT2D eigenvalue weighted by Crippen LogP contribution is -2.13. The standard InChI is InChI=1S/C15H15ClN4/c16-11-2-4-13-14(9-11)20-15(19-13)12(17)3-1-10-5-7-18-8-6-10/h2,4-9,12H,1,3,17H2,(H,19,20)/t12-/m0/s1. The molecule has 20 heavy (non-hydrogen) atoms. The number of aromatic amines is 1. The van der Waals surface area contributed by atoms with E-state index >= 15 is 0 Å². The number of hydrogen-bond donors (Lipinski definition) is 2.